The van der Waals surface area contributed by atoms with Crippen LogP contribution in [0.2, 0.25) is 0 Å². The second-order valence-corrected chi connectivity index (χ2v) is 8.88. The number of hydrogen-bond donors (Lipinski definition) is 0. The van der Waals surface area contributed by atoms with Gasteiger partial charge in [0.05, 0.1) is 11.2 Å². The molecule has 0 bridgehead atoms. The van der Waals surface area contributed by atoms with Crippen molar-refractivity contribution in [1.29, 1.82) is 0 Å². The number of fused-ring (bicyclic) bond motifs is 3. The standard InChI is InChI=1S/C22H23BO2S/c1-6-7-8-15-9-11-19-17(13-15)18-14-16(10-12-20(18)26-19)23-24-21(2,3)22(4,5)25-23/h6-14H,1H2,2-5H3/b8-7+. The smallest absolute Gasteiger partial charge is 0.399 e. The first-order chi connectivity index (χ1) is 12.3. The summed E-state index contributed by atoms with van der Waals surface area (Å²) in [5.41, 5.74) is 1.60. The largest absolute Gasteiger partial charge is 0.494 e. The van der Waals surface area contributed by atoms with Crippen LogP contribution in [0.1, 0.15) is 33.3 Å². The SMILES string of the molecule is C=C/C=C/c1ccc2sc3ccc(B4OC(C)(C)C(C)(C)O4)cc3c2c1. The lowest BCUT2D eigenvalue weighted by atomic mass is 9.78. The highest BCUT2D eigenvalue weighted by Gasteiger charge is 2.51. The Morgan fingerprint density at radius 3 is 2.19 bits per heavy atom. The minimum Gasteiger partial charge on any atom is -0.399 e. The fourth-order valence-corrected chi connectivity index (χ4v) is 4.29. The molecule has 1 aliphatic rings. The van der Waals surface area contributed by atoms with Crippen LogP contribution in [0, 0.1) is 0 Å². The van der Waals surface area contributed by atoms with Crippen LogP contribution in [0.4, 0.5) is 0 Å². The van der Waals surface area contributed by atoms with E-state index >= 15 is 0 Å². The van der Waals surface area contributed by atoms with E-state index in [1.807, 2.05) is 17.4 Å². The molecule has 0 unspecified atom stereocenters. The number of hydrogen-bond acceptors (Lipinski definition) is 3. The van der Waals surface area contributed by atoms with Crippen molar-refractivity contribution >= 4 is 50.2 Å². The molecular formula is C22H23BO2S. The van der Waals surface area contributed by atoms with Crippen molar-refractivity contribution in [1.82, 2.24) is 0 Å². The Morgan fingerprint density at radius 2 is 1.54 bits per heavy atom. The molecule has 0 saturated carbocycles. The first kappa shape index (κ1) is 17.5. The van der Waals surface area contributed by atoms with Gasteiger partial charge in [0.2, 0.25) is 0 Å². The molecule has 4 rings (SSSR count). The van der Waals surface area contributed by atoms with Crippen molar-refractivity contribution in [3.63, 3.8) is 0 Å². The molecule has 1 saturated heterocycles. The Balaban J connectivity index is 1.80. The molecule has 0 spiro atoms. The third-order valence-corrected chi connectivity index (χ3v) is 6.62. The number of benzene rings is 2. The average Bonchev–Trinajstić information content (AvgIpc) is 3.06. The number of rotatable bonds is 3. The summed E-state index contributed by atoms with van der Waals surface area (Å²) in [4.78, 5) is 0. The lowest BCUT2D eigenvalue weighted by Gasteiger charge is -2.32. The highest BCUT2D eigenvalue weighted by atomic mass is 32.1. The maximum absolute atomic E-state index is 6.22. The van der Waals surface area contributed by atoms with Crippen LogP contribution >= 0.6 is 11.3 Å². The quantitative estimate of drug-likeness (QED) is 0.449. The zero-order chi connectivity index (χ0) is 18.5. The van der Waals surface area contributed by atoms with Gasteiger partial charge < -0.3 is 9.31 Å². The molecule has 1 fully saturated rings. The summed E-state index contributed by atoms with van der Waals surface area (Å²) in [6, 6.07) is 13.1. The zero-order valence-electron chi connectivity index (χ0n) is 15.7. The van der Waals surface area contributed by atoms with Gasteiger partial charge in [-0.1, -0.05) is 43.0 Å². The van der Waals surface area contributed by atoms with Gasteiger partial charge in [0.25, 0.3) is 0 Å². The summed E-state index contributed by atoms with van der Waals surface area (Å²) < 4.78 is 15.0. The summed E-state index contributed by atoms with van der Waals surface area (Å²) >= 11 is 1.82. The molecular weight excluding hydrogens is 339 g/mol. The maximum atomic E-state index is 6.22. The van der Waals surface area contributed by atoms with Crippen molar-refractivity contribution in [2.45, 2.75) is 38.9 Å². The highest BCUT2D eigenvalue weighted by Crippen LogP contribution is 2.38. The molecule has 2 heterocycles. The Hall–Kier alpha value is -1.88. The fourth-order valence-electron chi connectivity index (χ4n) is 3.22. The van der Waals surface area contributed by atoms with Crippen LogP contribution in [0.5, 0.6) is 0 Å². The van der Waals surface area contributed by atoms with Gasteiger partial charge in [0.1, 0.15) is 0 Å². The number of thiophene rings is 1. The molecule has 1 aromatic heterocycles. The minimum absolute atomic E-state index is 0.327. The van der Waals surface area contributed by atoms with Crippen LogP contribution < -0.4 is 5.46 Å². The van der Waals surface area contributed by atoms with Crippen molar-refractivity contribution in [2.75, 3.05) is 0 Å². The van der Waals surface area contributed by atoms with Crippen LogP contribution in [0.15, 0.2) is 55.1 Å². The topological polar surface area (TPSA) is 18.5 Å². The Labute approximate surface area is 159 Å². The zero-order valence-corrected chi connectivity index (χ0v) is 16.5. The van der Waals surface area contributed by atoms with Crippen LogP contribution in [-0.2, 0) is 9.31 Å². The average molecular weight is 362 g/mol. The van der Waals surface area contributed by atoms with Gasteiger partial charge in [-0.2, -0.15) is 0 Å². The van der Waals surface area contributed by atoms with E-state index in [-0.39, 0.29) is 18.3 Å². The van der Waals surface area contributed by atoms with Gasteiger partial charge >= 0.3 is 7.12 Å². The molecule has 26 heavy (non-hydrogen) atoms. The van der Waals surface area contributed by atoms with E-state index in [2.05, 4.69) is 76.7 Å². The maximum Gasteiger partial charge on any atom is 0.494 e. The summed E-state index contributed by atoms with van der Waals surface area (Å²) in [6.45, 7) is 12.1. The van der Waals surface area contributed by atoms with Crippen LogP contribution in [0.3, 0.4) is 0 Å². The highest BCUT2D eigenvalue weighted by molar-refractivity contribution is 7.25. The molecule has 2 aromatic carbocycles. The van der Waals surface area contributed by atoms with E-state index in [1.54, 1.807) is 6.08 Å². The van der Waals surface area contributed by atoms with Crippen LogP contribution in [0.25, 0.3) is 26.2 Å². The lowest BCUT2D eigenvalue weighted by Crippen LogP contribution is -2.41. The lowest BCUT2D eigenvalue weighted by molar-refractivity contribution is 0.00578. The van der Waals surface area contributed by atoms with Crippen molar-refractivity contribution in [3.8, 4) is 0 Å². The molecule has 1 aliphatic heterocycles. The van der Waals surface area contributed by atoms with E-state index in [4.69, 9.17) is 9.31 Å². The normalized spacial score (nSPS) is 19.0. The predicted octanol–water partition coefficient (Wildman–Crippen LogP) is 5.55. The molecule has 0 atom stereocenters. The second-order valence-electron chi connectivity index (χ2n) is 7.80. The van der Waals surface area contributed by atoms with Gasteiger partial charge in [-0.05, 0) is 62.3 Å². The molecule has 0 radical (unpaired) electrons. The monoisotopic (exact) mass is 362 g/mol. The molecule has 3 aromatic rings. The molecule has 0 aliphatic carbocycles. The Kier molecular flexibility index (Phi) is 4.10. The molecule has 132 valence electrons. The molecule has 0 amide bonds. The van der Waals surface area contributed by atoms with Crippen molar-refractivity contribution in [2.24, 2.45) is 0 Å². The molecule has 2 nitrogen and oxygen atoms in total. The van der Waals surface area contributed by atoms with Gasteiger partial charge in [0.15, 0.2) is 0 Å². The summed E-state index contributed by atoms with van der Waals surface area (Å²) in [5.74, 6) is 0. The minimum atomic E-state index is -0.330. The van der Waals surface area contributed by atoms with Crippen LogP contribution in [-0.4, -0.2) is 18.3 Å². The first-order valence-corrected chi connectivity index (χ1v) is 9.73. The summed E-state index contributed by atoms with van der Waals surface area (Å²) in [6.07, 6.45) is 5.84. The number of allylic oxidation sites excluding steroid dienone is 2. The Bertz CT molecular complexity index is 1010. The van der Waals surface area contributed by atoms with Gasteiger partial charge in [-0.25, -0.2) is 0 Å². The predicted molar refractivity (Wildman–Crippen MR) is 114 cm³/mol. The molecule has 4 heteroatoms. The van der Waals surface area contributed by atoms with E-state index < -0.39 is 0 Å². The summed E-state index contributed by atoms with van der Waals surface area (Å²) in [7, 11) is -0.330. The van der Waals surface area contributed by atoms with Gasteiger partial charge in [0, 0.05) is 14.8 Å². The third-order valence-electron chi connectivity index (χ3n) is 5.47. The third kappa shape index (κ3) is 2.82. The molecule has 0 N–H and O–H groups in total. The fraction of sp³-hybridized carbons (Fsp3) is 0.273. The van der Waals surface area contributed by atoms with E-state index in [9.17, 15) is 0 Å². The first-order valence-electron chi connectivity index (χ1n) is 8.92. The van der Waals surface area contributed by atoms with E-state index in [0.29, 0.717) is 0 Å². The van der Waals surface area contributed by atoms with E-state index in [1.165, 1.54) is 25.7 Å². The summed E-state index contributed by atoms with van der Waals surface area (Å²) in [5, 5.41) is 2.53. The van der Waals surface area contributed by atoms with Gasteiger partial charge in [-0.3, -0.25) is 0 Å². The Morgan fingerprint density at radius 1 is 0.923 bits per heavy atom. The van der Waals surface area contributed by atoms with Crippen molar-refractivity contribution < 1.29 is 9.31 Å². The van der Waals surface area contributed by atoms with Crippen molar-refractivity contribution in [3.05, 3.63) is 60.7 Å². The van der Waals surface area contributed by atoms with E-state index in [0.717, 1.165) is 5.46 Å². The van der Waals surface area contributed by atoms with Gasteiger partial charge in [-0.15, -0.1) is 11.3 Å². The second kappa shape index (κ2) is 6.09.